The quantitative estimate of drug-likeness (QED) is 0.749. The van der Waals surface area contributed by atoms with Gasteiger partial charge in [0.25, 0.3) is 5.91 Å². The number of hydrazine groups is 1. The van der Waals surface area contributed by atoms with Crippen LogP contribution < -0.4 is 16.2 Å². The Balaban J connectivity index is 1.42. The summed E-state index contributed by atoms with van der Waals surface area (Å²) in [5.74, 6) is 0.0385. The molecular weight excluding hydrogens is 350 g/mol. The Bertz CT molecular complexity index is 822. The molecular formula is C18H21N5O2S. The minimum absolute atomic E-state index is 0.0656. The maximum Gasteiger partial charge on any atom is 0.261 e. The van der Waals surface area contributed by atoms with Gasteiger partial charge >= 0.3 is 0 Å². The zero-order valence-corrected chi connectivity index (χ0v) is 15.3. The summed E-state index contributed by atoms with van der Waals surface area (Å²) in [6, 6.07) is 5.70. The van der Waals surface area contributed by atoms with Crippen molar-refractivity contribution < 1.29 is 9.59 Å². The fraction of sp³-hybridized carbons (Fsp3) is 0.389. The van der Waals surface area contributed by atoms with E-state index >= 15 is 0 Å². The molecule has 4 heterocycles. The van der Waals surface area contributed by atoms with E-state index in [1.54, 1.807) is 19.4 Å². The van der Waals surface area contributed by atoms with Crippen LogP contribution in [0.2, 0.25) is 0 Å². The highest BCUT2D eigenvalue weighted by molar-refractivity contribution is 7.14. The predicted molar refractivity (Wildman–Crippen MR) is 98.5 cm³/mol. The van der Waals surface area contributed by atoms with Crippen molar-refractivity contribution in [3.05, 3.63) is 51.5 Å². The molecule has 2 unspecified atom stereocenters. The first-order chi connectivity index (χ1) is 12.7. The number of rotatable bonds is 3. The second-order valence-electron chi connectivity index (χ2n) is 6.56. The van der Waals surface area contributed by atoms with Crippen LogP contribution in [0.25, 0.3) is 0 Å². The summed E-state index contributed by atoms with van der Waals surface area (Å²) in [6.45, 7) is 1.26. The summed E-state index contributed by atoms with van der Waals surface area (Å²) in [7, 11) is 1.63. The van der Waals surface area contributed by atoms with Crippen LogP contribution in [0.4, 0.5) is 0 Å². The third-order valence-corrected chi connectivity index (χ3v) is 6.17. The summed E-state index contributed by atoms with van der Waals surface area (Å²) in [5, 5.41) is 2.66. The summed E-state index contributed by atoms with van der Waals surface area (Å²) in [6.07, 6.45) is 5.04. The molecule has 2 aromatic heterocycles. The topological polar surface area (TPSA) is 86.4 Å². The molecule has 1 fully saturated rings. The Kier molecular flexibility index (Phi) is 4.71. The van der Waals surface area contributed by atoms with Gasteiger partial charge in [0.15, 0.2) is 0 Å². The monoisotopic (exact) mass is 371 g/mol. The second kappa shape index (κ2) is 7.14. The van der Waals surface area contributed by atoms with Crippen molar-refractivity contribution in [3.8, 4) is 0 Å². The lowest BCUT2D eigenvalue weighted by molar-refractivity contribution is -0.134. The number of pyridine rings is 1. The van der Waals surface area contributed by atoms with Crippen LogP contribution in [0.1, 0.15) is 38.1 Å². The Morgan fingerprint density at radius 2 is 2.12 bits per heavy atom. The first-order valence-corrected chi connectivity index (χ1v) is 9.51. The smallest absolute Gasteiger partial charge is 0.261 e. The summed E-state index contributed by atoms with van der Waals surface area (Å²) in [4.78, 5) is 32.6. The third-order valence-electron chi connectivity index (χ3n) is 4.94. The standard InChI is InChI=1S/C18H21N5O2S/c1-19-17(24)16-8-12-10-23(7-4-15(12)26-16)18(25)14-9-13(21-22-14)11-2-5-20-6-3-11/h2-3,5-6,8,13-14,21-22H,4,7,9-10H2,1H3,(H,19,24). The molecule has 0 spiro atoms. The molecule has 26 heavy (non-hydrogen) atoms. The lowest BCUT2D eigenvalue weighted by Crippen LogP contribution is -2.47. The Labute approximate surface area is 155 Å². The lowest BCUT2D eigenvalue weighted by Gasteiger charge is -2.29. The van der Waals surface area contributed by atoms with Crippen molar-refractivity contribution in [3.63, 3.8) is 0 Å². The van der Waals surface area contributed by atoms with Gasteiger partial charge in [0, 0.05) is 43.4 Å². The number of fused-ring (bicyclic) bond motifs is 1. The molecule has 3 N–H and O–H groups in total. The highest BCUT2D eigenvalue weighted by atomic mass is 32.1. The largest absolute Gasteiger partial charge is 0.354 e. The van der Waals surface area contributed by atoms with Gasteiger partial charge in [-0.1, -0.05) is 0 Å². The van der Waals surface area contributed by atoms with E-state index in [4.69, 9.17) is 0 Å². The molecule has 8 heteroatoms. The van der Waals surface area contributed by atoms with Crippen LogP contribution >= 0.6 is 11.3 Å². The van der Waals surface area contributed by atoms with E-state index in [0.717, 1.165) is 17.5 Å². The van der Waals surface area contributed by atoms with Gasteiger partial charge in [-0.25, -0.2) is 10.9 Å². The number of hydrogen-bond acceptors (Lipinski definition) is 6. The fourth-order valence-corrected chi connectivity index (χ4v) is 4.62. The first kappa shape index (κ1) is 17.1. The van der Waals surface area contributed by atoms with Gasteiger partial charge in [0.05, 0.1) is 4.88 Å². The molecule has 2 atom stereocenters. The Morgan fingerprint density at radius 3 is 2.88 bits per heavy atom. The summed E-state index contributed by atoms with van der Waals surface area (Å²) >= 11 is 1.53. The molecule has 0 bridgehead atoms. The molecule has 136 valence electrons. The average Bonchev–Trinajstić information content (AvgIpc) is 3.34. The number of carbonyl (C=O) groups excluding carboxylic acids is 2. The van der Waals surface area contributed by atoms with E-state index in [-0.39, 0.29) is 23.9 Å². The van der Waals surface area contributed by atoms with Gasteiger partial charge in [-0.3, -0.25) is 14.6 Å². The van der Waals surface area contributed by atoms with Crippen LogP contribution in [-0.4, -0.2) is 41.3 Å². The zero-order valence-electron chi connectivity index (χ0n) is 14.5. The van der Waals surface area contributed by atoms with Gasteiger partial charge in [-0.15, -0.1) is 11.3 Å². The number of nitrogens with one attached hydrogen (secondary N) is 3. The maximum absolute atomic E-state index is 12.9. The molecule has 0 aromatic carbocycles. The lowest BCUT2D eigenvalue weighted by atomic mass is 10.0. The number of hydrogen-bond donors (Lipinski definition) is 3. The Morgan fingerprint density at radius 1 is 1.31 bits per heavy atom. The molecule has 0 saturated carbocycles. The third kappa shape index (κ3) is 3.23. The normalized spacial score (nSPS) is 22.1. The van der Waals surface area contributed by atoms with Crippen molar-refractivity contribution in [2.24, 2.45) is 0 Å². The van der Waals surface area contributed by atoms with E-state index < -0.39 is 0 Å². The number of thiophene rings is 1. The van der Waals surface area contributed by atoms with Gasteiger partial charge in [-0.05, 0) is 42.2 Å². The van der Waals surface area contributed by atoms with Crippen molar-refractivity contribution in [2.75, 3.05) is 13.6 Å². The van der Waals surface area contributed by atoms with Crippen LogP contribution in [0.3, 0.4) is 0 Å². The van der Waals surface area contributed by atoms with E-state index in [1.807, 2.05) is 23.1 Å². The maximum atomic E-state index is 12.9. The molecule has 2 amide bonds. The van der Waals surface area contributed by atoms with E-state index in [1.165, 1.54) is 16.2 Å². The van der Waals surface area contributed by atoms with E-state index in [9.17, 15) is 9.59 Å². The fourth-order valence-electron chi connectivity index (χ4n) is 3.51. The zero-order chi connectivity index (χ0) is 18.1. The van der Waals surface area contributed by atoms with Crippen LogP contribution in [0.15, 0.2) is 30.6 Å². The van der Waals surface area contributed by atoms with E-state index in [0.29, 0.717) is 24.4 Å². The van der Waals surface area contributed by atoms with Crippen molar-refractivity contribution >= 4 is 23.2 Å². The molecule has 1 saturated heterocycles. The number of aromatic nitrogens is 1. The van der Waals surface area contributed by atoms with Crippen molar-refractivity contribution in [1.29, 1.82) is 0 Å². The highest BCUT2D eigenvalue weighted by Gasteiger charge is 2.34. The van der Waals surface area contributed by atoms with Crippen LogP contribution in [-0.2, 0) is 17.8 Å². The minimum Gasteiger partial charge on any atom is -0.354 e. The molecule has 7 nitrogen and oxygen atoms in total. The molecule has 4 rings (SSSR count). The summed E-state index contributed by atoms with van der Waals surface area (Å²) < 4.78 is 0. The van der Waals surface area contributed by atoms with Gasteiger partial charge in [-0.2, -0.15) is 0 Å². The van der Waals surface area contributed by atoms with Gasteiger partial charge in [0.1, 0.15) is 6.04 Å². The average molecular weight is 371 g/mol. The molecule has 0 radical (unpaired) electrons. The molecule has 0 aliphatic carbocycles. The predicted octanol–water partition coefficient (Wildman–Crippen LogP) is 0.995. The number of nitrogens with zero attached hydrogens (tertiary/aromatic N) is 2. The molecule has 2 aromatic rings. The molecule has 2 aliphatic rings. The second-order valence-corrected chi connectivity index (χ2v) is 7.69. The Hall–Kier alpha value is -2.29. The SMILES string of the molecule is CNC(=O)c1cc2c(s1)CCN(C(=O)C1CC(c3ccncc3)NN1)C2. The van der Waals surface area contributed by atoms with Gasteiger partial charge < -0.3 is 10.2 Å². The highest BCUT2D eigenvalue weighted by Crippen LogP contribution is 2.29. The molecule has 2 aliphatic heterocycles. The number of carbonyl (C=O) groups is 2. The van der Waals surface area contributed by atoms with Crippen molar-refractivity contribution in [2.45, 2.75) is 31.5 Å². The van der Waals surface area contributed by atoms with Gasteiger partial charge in [0.2, 0.25) is 5.91 Å². The minimum atomic E-state index is -0.244. The first-order valence-electron chi connectivity index (χ1n) is 8.69. The van der Waals surface area contributed by atoms with E-state index in [2.05, 4.69) is 21.2 Å². The number of amides is 2. The van der Waals surface area contributed by atoms with Crippen LogP contribution in [0, 0.1) is 0 Å². The van der Waals surface area contributed by atoms with Crippen LogP contribution in [0.5, 0.6) is 0 Å². The summed E-state index contributed by atoms with van der Waals surface area (Å²) in [5.41, 5.74) is 8.56. The van der Waals surface area contributed by atoms with Crippen molar-refractivity contribution in [1.82, 2.24) is 26.1 Å².